The summed E-state index contributed by atoms with van der Waals surface area (Å²) < 4.78 is 0. The van der Waals surface area contributed by atoms with Crippen LogP contribution in [0.4, 0.5) is 5.69 Å². The highest BCUT2D eigenvalue weighted by Crippen LogP contribution is 2.29. The molecule has 1 amide bonds. The van der Waals surface area contributed by atoms with Gasteiger partial charge in [0.25, 0.3) is 0 Å². The van der Waals surface area contributed by atoms with E-state index in [0.717, 1.165) is 25.1 Å². The number of amides is 1. The van der Waals surface area contributed by atoms with Crippen LogP contribution in [0.15, 0.2) is 30.3 Å². The van der Waals surface area contributed by atoms with Crippen LogP contribution in [0.5, 0.6) is 0 Å². The van der Waals surface area contributed by atoms with Crippen LogP contribution >= 0.6 is 12.4 Å². The minimum Gasteiger partial charge on any atom is -0.312 e. The van der Waals surface area contributed by atoms with Gasteiger partial charge in [0, 0.05) is 18.2 Å². The van der Waals surface area contributed by atoms with Gasteiger partial charge in [0.05, 0.1) is 6.04 Å². The molecule has 2 heterocycles. The third-order valence-electron chi connectivity index (χ3n) is 3.62. The molecule has 1 N–H and O–H groups in total. The summed E-state index contributed by atoms with van der Waals surface area (Å²) in [5, 5.41) is 3.48. The van der Waals surface area contributed by atoms with Crippen molar-refractivity contribution in [3.63, 3.8) is 0 Å². The van der Waals surface area contributed by atoms with E-state index < -0.39 is 0 Å². The molecule has 0 aromatic heterocycles. The number of fused-ring (bicyclic) bond motifs is 1. The molecule has 2 aliphatic rings. The normalized spacial score (nSPS) is 27.5. The molecule has 2 aliphatic heterocycles. The number of halogens is 1. The number of hydrogen-bond donors (Lipinski definition) is 1. The number of nitrogens with zero attached hydrogens (tertiary/aromatic N) is 1. The molecule has 0 radical (unpaired) electrons. The highest BCUT2D eigenvalue weighted by Gasteiger charge is 2.39. The summed E-state index contributed by atoms with van der Waals surface area (Å²) >= 11 is 0. The Bertz CT molecular complexity index is 396. The van der Waals surface area contributed by atoms with Gasteiger partial charge >= 0.3 is 0 Å². The molecule has 2 atom stereocenters. The number of piperidine rings is 1. The molecule has 1 aromatic rings. The first kappa shape index (κ1) is 12.4. The van der Waals surface area contributed by atoms with Gasteiger partial charge in [0.15, 0.2) is 0 Å². The minimum absolute atomic E-state index is 0. The lowest BCUT2D eigenvalue weighted by Gasteiger charge is -2.37. The van der Waals surface area contributed by atoms with Crippen molar-refractivity contribution >= 4 is 24.0 Å². The van der Waals surface area contributed by atoms with E-state index in [0.29, 0.717) is 18.5 Å². The number of anilines is 1. The van der Waals surface area contributed by atoms with Crippen molar-refractivity contribution in [2.45, 2.75) is 31.3 Å². The Morgan fingerprint density at radius 3 is 2.71 bits per heavy atom. The van der Waals surface area contributed by atoms with Crippen molar-refractivity contribution in [3.8, 4) is 0 Å². The quantitative estimate of drug-likeness (QED) is 0.829. The van der Waals surface area contributed by atoms with Gasteiger partial charge in [0.2, 0.25) is 5.91 Å². The zero-order valence-corrected chi connectivity index (χ0v) is 10.5. The number of carbonyl (C=O) groups is 1. The van der Waals surface area contributed by atoms with E-state index in [1.54, 1.807) is 0 Å². The Morgan fingerprint density at radius 2 is 1.94 bits per heavy atom. The van der Waals surface area contributed by atoms with Crippen LogP contribution in [-0.4, -0.2) is 24.5 Å². The van der Waals surface area contributed by atoms with Gasteiger partial charge in [-0.2, -0.15) is 0 Å². The lowest BCUT2D eigenvalue weighted by Crippen LogP contribution is -2.51. The minimum atomic E-state index is 0. The number of benzene rings is 1. The zero-order valence-electron chi connectivity index (χ0n) is 9.63. The van der Waals surface area contributed by atoms with Crippen LogP contribution in [0.2, 0.25) is 0 Å². The van der Waals surface area contributed by atoms with Gasteiger partial charge in [0.1, 0.15) is 0 Å². The molecule has 0 spiro atoms. The van der Waals surface area contributed by atoms with Crippen LogP contribution in [0.3, 0.4) is 0 Å². The molecule has 17 heavy (non-hydrogen) atoms. The molecule has 4 heteroatoms. The van der Waals surface area contributed by atoms with E-state index in [-0.39, 0.29) is 18.3 Å². The average Bonchev–Trinajstić information content (AvgIpc) is 2.78. The smallest absolute Gasteiger partial charge is 0.227 e. The standard InChI is InChI=1S/C13H16N2O.ClH/c16-13-7-6-11-12(8-9-14-11)15(13)10-4-2-1-3-5-10;/h1-5,11-12,14H,6-9H2;1H/t11-,12-;/m1./s1. The fourth-order valence-corrected chi connectivity index (χ4v) is 2.87. The maximum absolute atomic E-state index is 12.0. The largest absolute Gasteiger partial charge is 0.312 e. The Labute approximate surface area is 108 Å². The highest BCUT2D eigenvalue weighted by atomic mass is 35.5. The van der Waals surface area contributed by atoms with E-state index in [1.165, 1.54) is 0 Å². The van der Waals surface area contributed by atoms with Crippen molar-refractivity contribution in [1.29, 1.82) is 0 Å². The summed E-state index contributed by atoms with van der Waals surface area (Å²) in [7, 11) is 0. The first-order valence-corrected chi connectivity index (χ1v) is 5.97. The van der Waals surface area contributed by atoms with Gasteiger partial charge in [-0.3, -0.25) is 4.79 Å². The van der Waals surface area contributed by atoms with Gasteiger partial charge in [-0.1, -0.05) is 18.2 Å². The highest BCUT2D eigenvalue weighted by molar-refractivity contribution is 5.95. The molecule has 0 unspecified atom stereocenters. The van der Waals surface area contributed by atoms with Crippen molar-refractivity contribution in [2.24, 2.45) is 0 Å². The summed E-state index contributed by atoms with van der Waals surface area (Å²) in [6.45, 7) is 1.03. The first-order valence-electron chi connectivity index (χ1n) is 5.97. The maximum atomic E-state index is 12.0. The Morgan fingerprint density at radius 1 is 1.18 bits per heavy atom. The Kier molecular flexibility index (Phi) is 3.69. The SMILES string of the molecule is Cl.O=C1CC[C@H]2NCC[C@H]2N1c1ccccc1. The van der Waals surface area contributed by atoms with Gasteiger partial charge in [-0.15, -0.1) is 12.4 Å². The number of carbonyl (C=O) groups excluding carboxylic acids is 1. The average molecular weight is 253 g/mol. The predicted molar refractivity (Wildman–Crippen MR) is 70.6 cm³/mol. The van der Waals surface area contributed by atoms with Crippen molar-refractivity contribution in [2.75, 3.05) is 11.4 Å². The molecule has 1 aromatic carbocycles. The molecule has 0 saturated carbocycles. The van der Waals surface area contributed by atoms with E-state index in [4.69, 9.17) is 0 Å². The van der Waals surface area contributed by atoms with Crippen molar-refractivity contribution < 1.29 is 4.79 Å². The molecule has 3 rings (SSSR count). The van der Waals surface area contributed by atoms with Gasteiger partial charge in [-0.05, 0) is 31.5 Å². The van der Waals surface area contributed by atoms with Crippen molar-refractivity contribution in [1.82, 2.24) is 5.32 Å². The van der Waals surface area contributed by atoms with Crippen LogP contribution in [0.25, 0.3) is 0 Å². The molecule has 0 aliphatic carbocycles. The molecular weight excluding hydrogens is 236 g/mol. The number of para-hydroxylation sites is 1. The fourth-order valence-electron chi connectivity index (χ4n) is 2.87. The Hall–Kier alpha value is -1.06. The number of hydrogen-bond acceptors (Lipinski definition) is 2. The molecule has 2 saturated heterocycles. The fraction of sp³-hybridized carbons (Fsp3) is 0.462. The molecule has 2 fully saturated rings. The van der Waals surface area contributed by atoms with E-state index in [2.05, 4.69) is 5.32 Å². The van der Waals surface area contributed by atoms with Gasteiger partial charge < -0.3 is 10.2 Å². The maximum Gasteiger partial charge on any atom is 0.227 e. The van der Waals surface area contributed by atoms with Crippen LogP contribution in [-0.2, 0) is 4.79 Å². The van der Waals surface area contributed by atoms with E-state index >= 15 is 0 Å². The first-order chi connectivity index (χ1) is 7.86. The van der Waals surface area contributed by atoms with Crippen LogP contribution < -0.4 is 10.2 Å². The monoisotopic (exact) mass is 252 g/mol. The van der Waals surface area contributed by atoms with E-state index in [9.17, 15) is 4.79 Å². The topological polar surface area (TPSA) is 32.3 Å². The molecule has 3 nitrogen and oxygen atoms in total. The van der Waals surface area contributed by atoms with Crippen molar-refractivity contribution in [3.05, 3.63) is 30.3 Å². The number of rotatable bonds is 1. The summed E-state index contributed by atoms with van der Waals surface area (Å²) in [5.74, 6) is 0.274. The second-order valence-electron chi connectivity index (χ2n) is 4.55. The Balaban J connectivity index is 0.00000108. The second-order valence-corrected chi connectivity index (χ2v) is 4.55. The number of nitrogens with one attached hydrogen (secondary N) is 1. The zero-order chi connectivity index (χ0) is 11.0. The summed E-state index contributed by atoms with van der Waals surface area (Å²) in [4.78, 5) is 14.0. The molecular formula is C13H17ClN2O. The molecule has 0 bridgehead atoms. The van der Waals surface area contributed by atoms with E-state index in [1.807, 2.05) is 35.2 Å². The van der Waals surface area contributed by atoms with Crippen LogP contribution in [0, 0.1) is 0 Å². The lowest BCUT2D eigenvalue weighted by atomic mass is 9.96. The summed E-state index contributed by atoms with van der Waals surface area (Å²) in [5.41, 5.74) is 1.05. The summed E-state index contributed by atoms with van der Waals surface area (Å²) in [6, 6.07) is 10.9. The predicted octanol–water partition coefficient (Wildman–Crippen LogP) is 1.97. The third kappa shape index (κ3) is 2.17. The van der Waals surface area contributed by atoms with Gasteiger partial charge in [-0.25, -0.2) is 0 Å². The molecule has 92 valence electrons. The summed E-state index contributed by atoms with van der Waals surface area (Å²) in [6.07, 6.45) is 2.74. The lowest BCUT2D eigenvalue weighted by molar-refractivity contribution is -0.120. The van der Waals surface area contributed by atoms with Crippen LogP contribution in [0.1, 0.15) is 19.3 Å². The second kappa shape index (κ2) is 5.07. The third-order valence-corrected chi connectivity index (χ3v) is 3.62.